The Bertz CT molecular complexity index is 415. The molecule has 0 aromatic carbocycles. The van der Waals surface area contributed by atoms with Gasteiger partial charge in [-0.25, -0.2) is 0 Å². The molecule has 0 bridgehead atoms. The van der Waals surface area contributed by atoms with Gasteiger partial charge in [-0.1, -0.05) is 52.3 Å². The van der Waals surface area contributed by atoms with Crippen LogP contribution in [0.4, 0.5) is 0 Å². The first-order chi connectivity index (χ1) is 10.5. The third-order valence-electron chi connectivity index (χ3n) is 5.51. The van der Waals surface area contributed by atoms with Gasteiger partial charge in [0.15, 0.2) is 5.79 Å². The molecule has 2 aliphatic carbocycles. The van der Waals surface area contributed by atoms with Crippen LogP contribution in [0.5, 0.6) is 0 Å². The lowest BCUT2D eigenvalue weighted by Crippen LogP contribution is -2.39. The first-order valence-corrected chi connectivity index (χ1v) is 9.22. The largest absolute Gasteiger partial charge is 0.348 e. The van der Waals surface area contributed by atoms with Crippen LogP contribution in [0.25, 0.3) is 0 Å². The molecule has 22 heavy (non-hydrogen) atoms. The zero-order valence-corrected chi connectivity index (χ0v) is 15.2. The molecule has 0 N–H and O–H groups in total. The average molecular weight is 306 g/mol. The summed E-state index contributed by atoms with van der Waals surface area (Å²) in [5.74, 6) is 0.413. The molecule has 2 nitrogen and oxygen atoms in total. The SMILES string of the molecule is CC.CC(C)C1=CCCC(C2(C)CCC3(CC2)OCCO3)=C1. The molecule has 1 saturated carbocycles. The number of hydrogen-bond acceptors (Lipinski definition) is 2. The normalized spacial score (nSPS) is 26.3. The van der Waals surface area contributed by atoms with Crippen molar-refractivity contribution in [3.8, 4) is 0 Å². The highest BCUT2D eigenvalue weighted by Crippen LogP contribution is 2.50. The summed E-state index contributed by atoms with van der Waals surface area (Å²) in [6, 6.07) is 0. The van der Waals surface area contributed by atoms with E-state index in [9.17, 15) is 0 Å². The summed E-state index contributed by atoms with van der Waals surface area (Å²) in [4.78, 5) is 0. The van der Waals surface area contributed by atoms with E-state index >= 15 is 0 Å². The highest BCUT2D eigenvalue weighted by atomic mass is 16.7. The van der Waals surface area contributed by atoms with E-state index in [1.165, 1.54) is 31.3 Å². The van der Waals surface area contributed by atoms with Gasteiger partial charge >= 0.3 is 0 Å². The minimum absolute atomic E-state index is 0.231. The Morgan fingerprint density at radius 3 is 2.14 bits per heavy atom. The first-order valence-electron chi connectivity index (χ1n) is 9.22. The maximum absolute atomic E-state index is 5.87. The van der Waals surface area contributed by atoms with Gasteiger partial charge in [0, 0.05) is 12.8 Å². The molecule has 1 heterocycles. The zero-order chi connectivity index (χ0) is 16.2. The molecule has 0 unspecified atom stereocenters. The molecule has 1 spiro atoms. The standard InChI is InChI=1S/C18H28O2.C2H6/c1-14(2)15-5-4-6-16(13-15)17(3)7-9-18(10-8-17)19-11-12-20-18;1-2/h5,13-14H,4,6-12H2,1-3H3;1-2H3. The summed E-state index contributed by atoms with van der Waals surface area (Å²) in [6.45, 7) is 12.6. The van der Waals surface area contributed by atoms with Gasteiger partial charge in [0.25, 0.3) is 0 Å². The molecule has 2 fully saturated rings. The van der Waals surface area contributed by atoms with E-state index in [4.69, 9.17) is 9.47 Å². The molecule has 0 atom stereocenters. The fraction of sp³-hybridized carbons (Fsp3) is 0.800. The van der Waals surface area contributed by atoms with Crippen LogP contribution in [0, 0.1) is 11.3 Å². The molecule has 1 aliphatic heterocycles. The van der Waals surface area contributed by atoms with Gasteiger partial charge in [-0.2, -0.15) is 0 Å². The Hall–Kier alpha value is -0.600. The van der Waals surface area contributed by atoms with E-state index in [0.717, 1.165) is 26.1 Å². The number of hydrogen-bond donors (Lipinski definition) is 0. The summed E-state index contributed by atoms with van der Waals surface area (Å²) in [7, 11) is 0. The van der Waals surface area contributed by atoms with E-state index in [-0.39, 0.29) is 5.79 Å². The second-order valence-electron chi connectivity index (χ2n) is 7.24. The summed E-state index contributed by atoms with van der Waals surface area (Å²) < 4.78 is 11.7. The van der Waals surface area contributed by atoms with Crippen LogP contribution in [0.1, 0.15) is 73.1 Å². The first kappa shape index (κ1) is 17.7. The van der Waals surface area contributed by atoms with Crippen molar-refractivity contribution in [2.24, 2.45) is 11.3 Å². The van der Waals surface area contributed by atoms with Crippen molar-refractivity contribution in [2.45, 2.75) is 78.9 Å². The van der Waals surface area contributed by atoms with Gasteiger partial charge in [-0.3, -0.25) is 0 Å². The van der Waals surface area contributed by atoms with Crippen molar-refractivity contribution in [3.63, 3.8) is 0 Å². The third kappa shape index (κ3) is 3.65. The average Bonchev–Trinajstić information content (AvgIpc) is 3.01. The van der Waals surface area contributed by atoms with Gasteiger partial charge in [0.1, 0.15) is 0 Å². The Kier molecular flexibility index (Phi) is 5.90. The fourth-order valence-corrected chi connectivity index (χ4v) is 3.89. The summed E-state index contributed by atoms with van der Waals surface area (Å²) in [5, 5.41) is 0. The van der Waals surface area contributed by atoms with Crippen molar-refractivity contribution in [1.82, 2.24) is 0 Å². The Morgan fingerprint density at radius 1 is 1.00 bits per heavy atom. The van der Waals surface area contributed by atoms with Crippen LogP contribution >= 0.6 is 0 Å². The van der Waals surface area contributed by atoms with Crippen molar-refractivity contribution < 1.29 is 9.47 Å². The van der Waals surface area contributed by atoms with Crippen molar-refractivity contribution >= 4 is 0 Å². The predicted octanol–water partition coefficient (Wildman–Crippen LogP) is 5.64. The van der Waals surface area contributed by atoms with E-state index in [0.29, 0.717) is 11.3 Å². The monoisotopic (exact) mass is 306 g/mol. The second kappa shape index (κ2) is 7.31. The Balaban J connectivity index is 0.000000847. The predicted molar refractivity (Wildman–Crippen MR) is 92.8 cm³/mol. The van der Waals surface area contributed by atoms with Gasteiger partial charge < -0.3 is 9.47 Å². The quantitative estimate of drug-likeness (QED) is 0.657. The second-order valence-corrected chi connectivity index (χ2v) is 7.24. The molecule has 2 heteroatoms. The van der Waals surface area contributed by atoms with Crippen molar-refractivity contribution in [3.05, 3.63) is 23.3 Å². The highest BCUT2D eigenvalue weighted by Gasteiger charge is 2.45. The van der Waals surface area contributed by atoms with Gasteiger partial charge in [-0.15, -0.1) is 0 Å². The maximum Gasteiger partial charge on any atom is 0.168 e. The summed E-state index contributed by atoms with van der Waals surface area (Å²) in [5.41, 5.74) is 3.55. The van der Waals surface area contributed by atoms with Crippen LogP contribution in [-0.2, 0) is 9.47 Å². The van der Waals surface area contributed by atoms with Crippen LogP contribution in [0.2, 0.25) is 0 Å². The van der Waals surface area contributed by atoms with E-state index in [1.807, 2.05) is 13.8 Å². The maximum atomic E-state index is 5.87. The minimum Gasteiger partial charge on any atom is -0.348 e. The van der Waals surface area contributed by atoms with Gasteiger partial charge in [-0.05, 0) is 42.6 Å². The van der Waals surface area contributed by atoms with E-state index < -0.39 is 0 Å². The van der Waals surface area contributed by atoms with Gasteiger partial charge in [0.2, 0.25) is 0 Å². The van der Waals surface area contributed by atoms with E-state index in [2.05, 4.69) is 32.9 Å². The fourth-order valence-electron chi connectivity index (χ4n) is 3.89. The van der Waals surface area contributed by atoms with Gasteiger partial charge in [0.05, 0.1) is 13.2 Å². The molecule has 3 aliphatic rings. The van der Waals surface area contributed by atoms with Crippen LogP contribution in [0.15, 0.2) is 23.3 Å². The number of allylic oxidation sites excluding steroid dienone is 4. The lowest BCUT2D eigenvalue weighted by molar-refractivity contribution is -0.187. The molecular formula is C20H34O2. The summed E-state index contributed by atoms with van der Waals surface area (Å²) >= 11 is 0. The Morgan fingerprint density at radius 2 is 1.59 bits per heavy atom. The van der Waals surface area contributed by atoms with Crippen molar-refractivity contribution in [1.29, 1.82) is 0 Å². The van der Waals surface area contributed by atoms with Crippen molar-refractivity contribution in [2.75, 3.05) is 13.2 Å². The molecule has 126 valence electrons. The number of rotatable bonds is 2. The topological polar surface area (TPSA) is 18.5 Å². The molecule has 0 aromatic heterocycles. The minimum atomic E-state index is -0.231. The summed E-state index contributed by atoms with van der Waals surface area (Å²) in [6.07, 6.45) is 11.9. The molecule has 0 radical (unpaired) electrons. The Labute approximate surface area is 137 Å². The smallest absolute Gasteiger partial charge is 0.168 e. The lowest BCUT2D eigenvalue weighted by atomic mass is 9.66. The van der Waals surface area contributed by atoms with E-state index in [1.54, 1.807) is 5.57 Å². The highest BCUT2D eigenvalue weighted by molar-refractivity contribution is 5.33. The molecule has 1 saturated heterocycles. The molecule has 0 amide bonds. The van der Waals surface area contributed by atoms with Crippen LogP contribution < -0.4 is 0 Å². The molecular weight excluding hydrogens is 272 g/mol. The molecule has 0 aromatic rings. The molecule has 3 rings (SSSR count). The third-order valence-corrected chi connectivity index (χ3v) is 5.51. The zero-order valence-electron chi connectivity index (χ0n) is 15.2. The number of ether oxygens (including phenoxy) is 2. The lowest BCUT2D eigenvalue weighted by Gasteiger charge is -2.44. The van der Waals surface area contributed by atoms with Crippen LogP contribution in [-0.4, -0.2) is 19.0 Å². The van der Waals surface area contributed by atoms with Crippen LogP contribution in [0.3, 0.4) is 0 Å².